The van der Waals surface area contributed by atoms with Crippen LogP contribution >= 0.6 is 11.6 Å². The van der Waals surface area contributed by atoms with Crippen LogP contribution in [-0.2, 0) is 0 Å². The Bertz CT molecular complexity index is 937. The lowest BCUT2D eigenvalue weighted by Crippen LogP contribution is -2.17. The normalized spacial score (nSPS) is 12.9. The minimum absolute atomic E-state index is 0.273. The molecule has 3 aromatic rings. The first-order chi connectivity index (χ1) is 11.7. The molecule has 2 aromatic carbocycles. The van der Waals surface area contributed by atoms with E-state index >= 15 is 0 Å². The second-order valence-electron chi connectivity index (χ2n) is 5.31. The maximum atomic E-state index is 12.6. The predicted molar refractivity (Wildman–Crippen MR) is 92.1 cm³/mol. The largest absolute Gasteiger partial charge is 0.486 e. The Hall–Kier alpha value is -2.79. The zero-order chi connectivity index (χ0) is 16.5. The first-order valence-corrected chi connectivity index (χ1v) is 7.84. The lowest BCUT2D eigenvalue weighted by molar-refractivity contribution is 0.102. The molecule has 0 spiro atoms. The molecule has 1 aliphatic heterocycles. The predicted octanol–water partition coefficient (Wildman–Crippen LogP) is 3.91. The number of hydrogen-bond acceptors (Lipinski definition) is 4. The van der Waals surface area contributed by atoms with Crippen LogP contribution in [-0.4, -0.2) is 24.1 Å². The average Bonchev–Trinajstić information content (AvgIpc) is 2.62. The van der Waals surface area contributed by atoms with Crippen LogP contribution < -0.4 is 14.8 Å². The molecule has 0 fully saturated rings. The van der Waals surface area contributed by atoms with E-state index in [0.717, 1.165) is 10.9 Å². The van der Waals surface area contributed by atoms with Crippen LogP contribution in [0.5, 0.6) is 11.5 Å². The number of nitrogens with one attached hydrogen (secondary N) is 1. The van der Waals surface area contributed by atoms with E-state index in [1.165, 1.54) is 0 Å². The van der Waals surface area contributed by atoms with Crippen molar-refractivity contribution in [3.63, 3.8) is 0 Å². The van der Waals surface area contributed by atoms with Crippen LogP contribution in [0.2, 0.25) is 5.02 Å². The number of carbonyl (C=O) groups excluding carboxylic acids is 1. The Labute approximate surface area is 143 Å². The second kappa shape index (κ2) is 6.02. The van der Waals surface area contributed by atoms with Crippen molar-refractivity contribution in [3.8, 4) is 11.5 Å². The zero-order valence-electron chi connectivity index (χ0n) is 12.6. The van der Waals surface area contributed by atoms with Gasteiger partial charge in [0.1, 0.15) is 13.2 Å². The van der Waals surface area contributed by atoms with Gasteiger partial charge < -0.3 is 14.8 Å². The standard InChI is InChI=1S/C18H13ClN2O3/c19-13-9-11(10-16-17(13)24-8-7-23-16)18(22)21-15-5-1-4-14-12(15)3-2-6-20-14/h1-6,9-10H,7-8H2,(H,21,22). The molecule has 0 unspecified atom stereocenters. The molecule has 120 valence electrons. The van der Waals surface area contributed by atoms with Crippen LogP contribution in [0.25, 0.3) is 10.9 Å². The minimum atomic E-state index is -0.273. The first-order valence-electron chi connectivity index (χ1n) is 7.46. The van der Waals surface area contributed by atoms with Gasteiger partial charge >= 0.3 is 0 Å². The fraction of sp³-hybridized carbons (Fsp3) is 0.111. The van der Waals surface area contributed by atoms with Crippen molar-refractivity contribution in [1.29, 1.82) is 0 Å². The summed E-state index contributed by atoms with van der Waals surface area (Å²) in [4.78, 5) is 16.9. The van der Waals surface area contributed by atoms with Crippen molar-refractivity contribution in [3.05, 3.63) is 59.2 Å². The highest BCUT2D eigenvalue weighted by atomic mass is 35.5. The Morgan fingerprint density at radius 2 is 2.00 bits per heavy atom. The molecular formula is C18H13ClN2O3. The number of carbonyl (C=O) groups is 1. The Morgan fingerprint density at radius 1 is 1.12 bits per heavy atom. The molecule has 0 bridgehead atoms. The summed E-state index contributed by atoms with van der Waals surface area (Å²) in [7, 11) is 0. The molecule has 0 radical (unpaired) electrons. The van der Waals surface area contributed by atoms with Crippen molar-refractivity contribution in [2.75, 3.05) is 18.5 Å². The molecule has 1 aliphatic rings. The van der Waals surface area contributed by atoms with Crippen LogP contribution in [0, 0.1) is 0 Å². The van der Waals surface area contributed by atoms with Gasteiger partial charge in [-0.15, -0.1) is 0 Å². The van der Waals surface area contributed by atoms with Crippen LogP contribution in [0.3, 0.4) is 0 Å². The molecule has 0 saturated heterocycles. The van der Waals surface area contributed by atoms with Crippen LogP contribution in [0.15, 0.2) is 48.7 Å². The quantitative estimate of drug-likeness (QED) is 0.768. The monoisotopic (exact) mass is 340 g/mol. The van der Waals surface area contributed by atoms with Crippen LogP contribution in [0.1, 0.15) is 10.4 Å². The number of hydrogen-bond donors (Lipinski definition) is 1. The van der Waals surface area contributed by atoms with Gasteiger partial charge in [-0.25, -0.2) is 0 Å². The third-order valence-corrected chi connectivity index (χ3v) is 4.03. The molecule has 1 N–H and O–H groups in total. The van der Waals surface area contributed by atoms with Gasteiger partial charge in [0.05, 0.1) is 16.2 Å². The molecule has 0 saturated carbocycles. The number of nitrogens with zero attached hydrogens (tertiary/aromatic N) is 1. The van der Waals surface area contributed by atoms with E-state index in [1.54, 1.807) is 18.3 Å². The lowest BCUT2D eigenvalue weighted by atomic mass is 10.1. The summed E-state index contributed by atoms with van der Waals surface area (Å²) in [5, 5.41) is 4.13. The number of fused-ring (bicyclic) bond motifs is 2. The van der Waals surface area contributed by atoms with E-state index in [1.807, 2.05) is 30.3 Å². The molecule has 1 amide bonds. The molecule has 2 heterocycles. The summed E-state index contributed by atoms with van der Waals surface area (Å²) < 4.78 is 11.0. The second-order valence-corrected chi connectivity index (χ2v) is 5.72. The number of pyridine rings is 1. The number of ether oxygens (including phenoxy) is 2. The summed E-state index contributed by atoms with van der Waals surface area (Å²) in [6.45, 7) is 0.880. The smallest absolute Gasteiger partial charge is 0.255 e. The van der Waals surface area contributed by atoms with Gasteiger partial charge in [-0.3, -0.25) is 9.78 Å². The van der Waals surface area contributed by atoms with E-state index < -0.39 is 0 Å². The number of anilines is 1. The molecule has 5 nitrogen and oxygen atoms in total. The molecule has 24 heavy (non-hydrogen) atoms. The maximum absolute atomic E-state index is 12.6. The molecule has 4 rings (SSSR count). The summed E-state index contributed by atoms with van der Waals surface area (Å²) in [5.41, 5.74) is 1.91. The first kappa shape index (κ1) is 14.8. The van der Waals surface area contributed by atoms with Gasteiger partial charge in [-0.05, 0) is 36.4 Å². The van der Waals surface area contributed by atoms with Gasteiger partial charge in [-0.1, -0.05) is 17.7 Å². The molecular weight excluding hydrogens is 328 g/mol. The highest BCUT2D eigenvalue weighted by Crippen LogP contribution is 2.38. The van der Waals surface area contributed by atoms with E-state index in [4.69, 9.17) is 21.1 Å². The highest BCUT2D eigenvalue weighted by molar-refractivity contribution is 6.33. The average molecular weight is 341 g/mol. The molecule has 6 heteroatoms. The van der Waals surface area contributed by atoms with Crippen molar-refractivity contribution < 1.29 is 14.3 Å². The van der Waals surface area contributed by atoms with E-state index in [2.05, 4.69) is 10.3 Å². The summed E-state index contributed by atoms with van der Waals surface area (Å²) in [6, 6.07) is 12.5. The van der Waals surface area contributed by atoms with Crippen molar-refractivity contribution in [2.45, 2.75) is 0 Å². The summed E-state index contributed by atoms with van der Waals surface area (Å²) in [5.74, 6) is 0.692. The summed E-state index contributed by atoms with van der Waals surface area (Å²) in [6.07, 6.45) is 1.72. The van der Waals surface area contributed by atoms with E-state index in [9.17, 15) is 4.79 Å². The number of benzene rings is 2. The third kappa shape index (κ3) is 2.63. The minimum Gasteiger partial charge on any atom is -0.486 e. The SMILES string of the molecule is O=C(Nc1cccc2ncccc12)c1cc(Cl)c2c(c1)OCCO2. The maximum Gasteiger partial charge on any atom is 0.255 e. The number of rotatable bonds is 2. The Morgan fingerprint density at radius 3 is 2.92 bits per heavy atom. The number of aromatic nitrogens is 1. The topological polar surface area (TPSA) is 60.5 Å². The molecule has 1 aromatic heterocycles. The van der Waals surface area contributed by atoms with Crippen LogP contribution in [0.4, 0.5) is 5.69 Å². The molecule has 0 aliphatic carbocycles. The lowest BCUT2D eigenvalue weighted by Gasteiger charge is -2.20. The van der Waals surface area contributed by atoms with Gasteiger partial charge in [0.15, 0.2) is 11.5 Å². The van der Waals surface area contributed by atoms with Gasteiger partial charge in [0, 0.05) is 17.1 Å². The fourth-order valence-corrected chi connectivity index (χ4v) is 2.91. The van der Waals surface area contributed by atoms with Gasteiger partial charge in [0.25, 0.3) is 5.91 Å². The Kier molecular flexibility index (Phi) is 3.70. The van der Waals surface area contributed by atoms with Crippen molar-refractivity contribution >= 4 is 34.1 Å². The van der Waals surface area contributed by atoms with E-state index in [0.29, 0.717) is 41.0 Å². The van der Waals surface area contributed by atoms with E-state index in [-0.39, 0.29) is 5.91 Å². The fourth-order valence-electron chi connectivity index (χ4n) is 2.65. The molecule has 0 atom stereocenters. The highest BCUT2D eigenvalue weighted by Gasteiger charge is 2.19. The Balaban J connectivity index is 1.68. The van der Waals surface area contributed by atoms with Gasteiger partial charge in [-0.2, -0.15) is 0 Å². The van der Waals surface area contributed by atoms with Gasteiger partial charge in [0.2, 0.25) is 0 Å². The van der Waals surface area contributed by atoms with Crippen molar-refractivity contribution in [2.24, 2.45) is 0 Å². The number of amides is 1. The summed E-state index contributed by atoms with van der Waals surface area (Å²) >= 11 is 6.19. The zero-order valence-corrected chi connectivity index (χ0v) is 13.3. The third-order valence-electron chi connectivity index (χ3n) is 3.75. The van der Waals surface area contributed by atoms with Crippen molar-refractivity contribution in [1.82, 2.24) is 4.98 Å². The number of halogens is 1.